The summed E-state index contributed by atoms with van der Waals surface area (Å²) in [4.78, 5) is 31.8. The number of aromatic nitrogens is 1. The van der Waals surface area contributed by atoms with Crippen LogP contribution in [0.5, 0.6) is 0 Å². The summed E-state index contributed by atoms with van der Waals surface area (Å²) in [5.74, 6) is -0.299. The molecule has 1 aliphatic carbocycles. The van der Waals surface area contributed by atoms with Crippen LogP contribution in [0.15, 0.2) is 54.7 Å². The zero-order valence-electron chi connectivity index (χ0n) is 20.5. The van der Waals surface area contributed by atoms with Crippen LogP contribution in [0.4, 0.5) is 0 Å². The topological polar surface area (TPSA) is 113 Å². The van der Waals surface area contributed by atoms with E-state index in [4.69, 9.17) is 0 Å². The van der Waals surface area contributed by atoms with Gasteiger partial charge < -0.3 is 26.0 Å². The molecule has 0 radical (unpaired) electrons. The number of amides is 2. The molecule has 2 atom stereocenters. The number of aromatic amines is 1. The van der Waals surface area contributed by atoms with Crippen LogP contribution in [-0.2, 0) is 21.4 Å². The highest BCUT2D eigenvalue weighted by atomic mass is 16.3. The Morgan fingerprint density at radius 3 is 2.60 bits per heavy atom. The number of para-hydroxylation sites is 1. The third kappa shape index (κ3) is 4.34. The number of nitrogens with one attached hydrogen (secondary N) is 2. The zero-order valence-corrected chi connectivity index (χ0v) is 20.5. The number of rotatable bonds is 5. The number of quaternary nitrogens is 1. The molecule has 7 nitrogen and oxygen atoms in total. The molecule has 1 spiro atoms. The van der Waals surface area contributed by atoms with Crippen LogP contribution in [0.1, 0.15) is 55.9 Å². The van der Waals surface area contributed by atoms with Gasteiger partial charge >= 0.3 is 0 Å². The molecule has 0 saturated carbocycles. The number of hydrogen-bond donors (Lipinski definition) is 4. The van der Waals surface area contributed by atoms with Crippen molar-refractivity contribution in [1.29, 1.82) is 0 Å². The van der Waals surface area contributed by atoms with E-state index in [0.717, 1.165) is 34.9 Å². The van der Waals surface area contributed by atoms with Crippen molar-refractivity contribution in [2.45, 2.75) is 62.6 Å². The summed E-state index contributed by atoms with van der Waals surface area (Å²) in [5, 5.41) is 14.7. The summed E-state index contributed by atoms with van der Waals surface area (Å²) in [5.41, 5.74) is 7.29. The molecule has 6 N–H and O–H groups in total. The minimum absolute atomic E-state index is 0.0606. The predicted octanol–water partition coefficient (Wildman–Crippen LogP) is 2.21. The average Bonchev–Trinajstić information content (AvgIpc) is 3.37. The van der Waals surface area contributed by atoms with Crippen LogP contribution in [0, 0.1) is 0 Å². The van der Waals surface area contributed by atoms with E-state index >= 15 is 0 Å². The largest absolute Gasteiger partial charge is 0.388 e. The number of H-pyrrole nitrogens is 1. The second-order valence-electron chi connectivity index (χ2n) is 10.9. The number of hydrogen-bond acceptors (Lipinski definition) is 3. The first-order valence-corrected chi connectivity index (χ1v) is 12.5. The Kier molecular flexibility index (Phi) is 5.93. The van der Waals surface area contributed by atoms with Crippen molar-refractivity contribution >= 4 is 22.7 Å². The Bertz CT molecular complexity index is 1250. The number of piperidine rings is 1. The highest BCUT2D eigenvalue weighted by Crippen LogP contribution is 2.50. The Balaban J connectivity index is 1.36. The van der Waals surface area contributed by atoms with Crippen molar-refractivity contribution in [2.75, 3.05) is 13.1 Å². The molecule has 1 aromatic heterocycles. The molecule has 7 heteroatoms. The number of carbonyl (C=O) groups is 2. The van der Waals surface area contributed by atoms with Crippen LogP contribution in [0.2, 0.25) is 0 Å². The van der Waals surface area contributed by atoms with Crippen molar-refractivity contribution in [3.63, 3.8) is 0 Å². The summed E-state index contributed by atoms with van der Waals surface area (Å²) in [7, 11) is 0. The summed E-state index contributed by atoms with van der Waals surface area (Å²) in [6, 6.07) is 15.5. The highest BCUT2D eigenvalue weighted by molar-refractivity contribution is 5.92. The van der Waals surface area contributed by atoms with Gasteiger partial charge in [-0.05, 0) is 55.9 Å². The molecule has 184 valence electrons. The van der Waals surface area contributed by atoms with Crippen LogP contribution >= 0.6 is 0 Å². The molecule has 2 heterocycles. The second-order valence-corrected chi connectivity index (χ2v) is 10.9. The molecule has 1 aliphatic heterocycles. The lowest BCUT2D eigenvalue weighted by Gasteiger charge is -2.41. The van der Waals surface area contributed by atoms with Gasteiger partial charge in [0.05, 0.1) is 6.10 Å². The van der Waals surface area contributed by atoms with E-state index in [1.165, 1.54) is 5.56 Å². The van der Waals surface area contributed by atoms with Crippen molar-refractivity contribution in [1.82, 2.24) is 15.2 Å². The molecule has 3 aromatic rings. The summed E-state index contributed by atoms with van der Waals surface area (Å²) < 4.78 is 0. The smallest absolute Gasteiger partial charge is 0.281 e. The Morgan fingerprint density at radius 1 is 1.17 bits per heavy atom. The zero-order chi connectivity index (χ0) is 24.8. The molecular weight excluding hydrogens is 440 g/mol. The van der Waals surface area contributed by atoms with E-state index in [1.54, 1.807) is 13.8 Å². The summed E-state index contributed by atoms with van der Waals surface area (Å²) >= 11 is 0. The number of aliphatic hydroxyl groups excluding tert-OH is 1. The van der Waals surface area contributed by atoms with Gasteiger partial charge in [-0.3, -0.25) is 9.59 Å². The lowest BCUT2D eigenvalue weighted by atomic mass is 9.73. The van der Waals surface area contributed by atoms with Crippen molar-refractivity contribution in [3.05, 3.63) is 71.4 Å². The molecule has 2 aliphatic rings. The third-order valence-corrected chi connectivity index (χ3v) is 7.82. The molecular formula is C28H35N4O3+. The van der Waals surface area contributed by atoms with Gasteiger partial charge in [0.1, 0.15) is 6.04 Å². The second kappa shape index (κ2) is 8.81. The minimum Gasteiger partial charge on any atom is -0.388 e. The van der Waals surface area contributed by atoms with Gasteiger partial charge in [0.15, 0.2) is 5.54 Å². The summed E-state index contributed by atoms with van der Waals surface area (Å²) in [6.07, 6.45) is 4.21. The number of fused-ring (bicyclic) bond motifs is 3. The van der Waals surface area contributed by atoms with Gasteiger partial charge in [-0.2, -0.15) is 0 Å². The molecule has 2 amide bonds. The van der Waals surface area contributed by atoms with E-state index in [9.17, 15) is 14.7 Å². The van der Waals surface area contributed by atoms with E-state index in [2.05, 4.69) is 22.1 Å². The normalized spacial score (nSPS) is 20.1. The predicted molar refractivity (Wildman–Crippen MR) is 134 cm³/mol. The lowest BCUT2D eigenvalue weighted by Crippen LogP contribution is -2.76. The first kappa shape index (κ1) is 23.6. The first-order chi connectivity index (χ1) is 16.7. The number of aliphatic hydroxyl groups is 1. The van der Waals surface area contributed by atoms with Crippen LogP contribution < -0.4 is 11.1 Å². The van der Waals surface area contributed by atoms with Crippen LogP contribution in [0.25, 0.3) is 10.9 Å². The van der Waals surface area contributed by atoms with Gasteiger partial charge in [-0.25, -0.2) is 0 Å². The molecule has 5 rings (SSSR count). The Labute approximate surface area is 205 Å². The molecule has 0 bridgehead atoms. The fourth-order valence-electron chi connectivity index (χ4n) is 5.78. The maximum Gasteiger partial charge on any atom is 0.281 e. The van der Waals surface area contributed by atoms with Crippen LogP contribution in [-0.4, -0.2) is 51.5 Å². The number of nitrogens with zero attached hydrogens (tertiary/aromatic N) is 1. The molecule has 1 saturated heterocycles. The van der Waals surface area contributed by atoms with E-state index in [-0.39, 0.29) is 17.2 Å². The van der Waals surface area contributed by atoms with Crippen LogP contribution in [0.3, 0.4) is 0 Å². The Morgan fingerprint density at radius 2 is 1.86 bits per heavy atom. The van der Waals surface area contributed by atoms with Crippen molar-refractivity contribution in [2.24, 2.45) is 0 Å². The number of likely N-dealkylation sites (tertiary alicyclic amines) is 1. The monoisotopic (exact) mass is 475 g/mol. The maximum atomic E-state index is 13.8. The molecule has 35 heavy (non-hydrogen) atoms. The minimum atomic E-state index is -0.839. The van der Waals surface area contributed by atoms with Gasteiger partial charge in [0.25, 0.3) is 5.91 Å². The SMILES string of the molecule is CC(C)([NH3+])C(=O)N[C@H](Cc1c[nH]c2ccccc12)C(=O)N1CCC2(CC1)C[C@@H](O)c1ccccc12. The fourth-order valence-corrected chi connectivity index (χ4v) is 5.78. The molecule has 1 fully saturated rings. The fraction of sp³-hybridized carbons (Fsp3) is 0.429. The highest BCUT2D eigenvalue weighted by Gasteiger charge is 2.46. The van der Waals surface area contributed by atoms with Crippen molar-refractivity contribution < 1.29 is 20.4 Å². The standard InChI is InChI=1S/C28H34N4O3/c1-27(2,29)26(35)31-23(15-18-17-30-22-10-6-4-7-19(18)22)25(34)32-13-11-28(12-14-32)16-24(33)20-8-3-5-9-21(20)28/h3-10,17,23-24,30,33H,11-16,29H2,1-2H3,(H,31,35)/p+1/t23-,24-/m1/s1. The number of carbonyl (C=O) groups excluding carboxylic acids is 2. The third-order valence-electron chi connectivity index (χ3n) is 7.82. The van der Waals surface area contributed by atoms with Gasteiger partial charge in [0.2, 0.25) is 5.91 Å². The number of benzene rings is 2. The summed E-state index contributed by atoms with van der Waals surface area (Å²) in [6.45, 7) is 4.72. The lowest BCUT2D eigenvalue weighted by molar-refractivity contribution is -0.446. The Hall–Kier alpha value is -3.16. The molecule has 0 unspecified atom stereocenters. The molecule has 2 aromatic carbocycles. The van der Waals surface area contributed by atoms with Gasteiger partial charge in [-0.15, -0.1) is 0 Å². The van der Waals surface area contributed by atoms with E-state index in [1.807, 2.05) is 53.6 Å². The van der Waals surface area contributed by atoms with E-state index in [0.29, 0.717) is 25.9 Å². The van der Waals surface area contributed by atoms with Gasteiger partial charge in [-0.1, -0.05) is 42.5 Å². The maximum absolute atomic E-state index is 13.8. The quantitative estimate of drug-likeness (QED) is 0.454. The van der Waals surface area contributed by atoms with Crippen molar-refractivity contribution in [3.8, 4) is 0 Å². The average molecular weight is 476 g/mol. The van der Waals surface area contributed by atoms with Gasteiger partial charge in [0, 0.05) is 42.0 Å². The van der Waals surface area contributed by atoms with E-state index < -0.39 is 17.7 Å². The first-order valence-electron chi connectivity index (χ1n) is 12.5.